The minimum absolute atomic E-state index is 0.473. The molecular weight excluding hydrogens is 224 g/mol. The van der Waals surface area contributed by atoms with Crippen LogP contribution in [0.15, 0.2) is 23.4 Å². The molecule has 0 aromatic carbocycles. The van der Waals surface area contributed by atoms with Crippen LogP contribution in [-0.4, -0.2) is 28.2 Å². The lowest BCUT2D eigenvalue weighted by Crippen LogP contribution is -2.11. The average molecular weight is 242 g/mol. The highest BCUT2D eigenvalue weighted by Crippen LogP contribution is 2.13. The fourth-order valence-corrected chi connectivity index (χ4v) is 2.18. The van der Waals surface area contributed by atoms with E-state index in [1.807, 2.05) is 0 Å². The van der Waals surface area contributed by atoms with Crippen LogP contribution in [0.1, 0.15) is 13.8 Å². The second kappa shape index (κ2) is 6.60. The molecule has 4 nitrogen and oxygen atoms in total. The Morgan fingerprint density at radius 2 is 2.31 bits per heavy atom. The van der Waals surface area contributed by atoms with Gasteiger partial charge in [0.25, 0.3) is 0 Å². The van der Waals surface area contributed by atoms with Crippen molar-refractivity contribution in [1.82, 2.24) is 4.98 Å². The topological polar surface area (TPSA) is 65.2 Å². The molecule has 16 heavy (non-hydrogen) atoms. The quantitative estimate of drug-likeness (QED) is 0.767. The first-order chi connectivity index (χ1) is 7.61. The van der Waals surface area contributed by atoms with Gasteiger partial charge in [-0.2, -0.15) is 0 Å². The molecule has 2 N–H and O–H groups in total. The normalized spacial score (nSPS) is 12.9. The van der Waals surface area contributed by atoms with Gasteiger partial charge in [0.05, 0.1) is 39.9 Å². The molecular formula is C11H18N2O2S. The van der Waals surface area contributed by atoms with E-state index >= 15 is 0 Å². The van der Waals surface area contributed by atoms with Gasteiger partial charge in [0, 0.05) is 12.8 Å². The van der Waals surface area contributed by atoms with Crippen LogP contribution in [0.5, 0.6) is 0 Å². The average Bonchev–Trinajstić information content (AvgIpc) is 2.24. The summed E-state index contributed by atoms with van der Waals surface area (Å²) in [6.45, 7) is 5.35. The Labute approximate surface area is 98.7 Å². The van der Waals surface area contributed by atoms with Crippen molar-refractivity contribution in [3.05, 3.63) is 18.5 Å². The number of aromatic nitrogens is 1. The van der Waals surface area contributed by atoms with Crippen LogP contribution in [0, 0.1) is 5.92 Å². The van der Waals surface area contributed by atoms with E-state index in [0.29, 0.717) is 35.5 Å². The van der Waals surface area contributed by atoms with Crippen molar-refractivity contribution in [2.45, 2.75) is 18.7 Å². The van der Waals surface area contributed by atoms with Crippen LogP contribution in [0.2, 0.25) is 0 Å². The van der Waals surface area contributed by atoms with Gasteiger partial charge in [-0.05, 0) is 12.0 Å². The molecule has 5 heteroatoms. The number of anilines is 1. The van der Waals surface area contributed by atoms with Crippen LogP contribution in [-0.2, 0) is 15.5 Å². The maximum absolute atomic E-state index is 11.8. The van der Waals surface area contributed by atoms with E-state index in [1.54, 1.807) is 12.3 Å². The van der Waals surface area contributed by atoms with Crippen molar-refractivity contribution in [1.29, 1.82) is 0 Å². The lowest BCUT2D eigenvalue weighted by molar-refractivity contribution is 0.123. The predicted octanol–water partition coefficient (Wildman–Crippen LogP) is 1.44. The summed E-state index contributed by atoms with van der Waals surface area (Å²) in [6.07, 6.45) is 3.11. The van der Waals surface area contributed by atoms with E-state index in [0.717, 1.165) is 0 Å². The molecule has 0 saturated carbocycles. The highest BCUT2D eigenvalue weighted by atomic mass is 32.2. The summed E-state index contributed by atoms with van der Waals surface area (Å²) >= 11 is 0. The Balaban J connectivity index is 2.39. The van der Waals surface area contributed by atoms with Crippen molar-refractivity contribution in [3.63, 3.8) is 0 Å². The molecule has 0 radical (unpaired) electrons. The molecule has 1 rings (SSSR count). The summed E-state index contributed by atoms with van der Waals surface area (Å²) in [5.74, 6) is 0.973. The number of nitrogen functional groups attached to an aromatic ring is 1. The molecule has 0 bridgehead atoms. The van der Waals surface area contributed by atoms with Gasteiger partial charge >= 0.3 is 0 Å². The van der Waals surface area contributed by atoms with Crippen LogP contribution >= 0.6 is 0 Å². The highest BCUT2D eigenvalue weighted by Gasteiger charge is 2.07. The molecule has 0 fully saturated rings. The largest absolute Gasteiger partial charge is 0.396 e. The molecule has 0 aliphatic rings. The highest BCUT2D eigenvalue weighted by molar-refractivity contribution is 7.85. The maximum Gasteiger partial charge on any atom is 0.0664 e. The van der Waals surface area contributed by atoms with Gasteiger partial charge in [0.15, 0.2) is 0 Å². The lowest BCUT2D eigenvalue weighted by atomic mass is 10.2. The minimum Gasteiger partial charge on any atom is -0.396 e. The monoisotopic (exact) mass is 242 g/mol. The van der Waals surface area contributed by atoms with Gasteiger partial charge in [-0.25, -0.2) is 0 Å². The maximum atomic E-state index is 11.8. The summed E-state index contributed by atoms with van der Waals surface area (Å²) in [7, 11) is -1.10. The van der Waals surface area contributed by atoms with Crippen LogP contribution in [0.4, 0.5) is 5.69 Å². The van der Waals surface area contributed by atoms with Crippen LogP contribution in [0.3, 0.4) is 0 Å². The minimum atomic E-state index is -1.10. The fraction of sp³-hybridized carbons (Fsp3) is 0.545. The Bertz CT molecular complexity index is 356. The molecule has 1 aromatic rings. The van der Waals surface area contributed by atoms with Crippen molar-refractivity contribution >= 4 is 16.5 Å². The molecule has 1 aromatic heterocycles. The number of nitrogens with zero attached hydrogens (tertiary/aromatic N) is 1. The fourth-order valence-electron chi connectivity index (χ4n) is 1.16. The van der Waals surface area contributed by atoms with Gasteiger partial charge in [-0.15, -0.1) is 0 Å². The Kier molecular flexibility index (Phi) is 5.42. The zero-order chi connectivity index (χ0) is 12.0. The van der Waals surface area contributed by atoms with Crippen LogP contribution in [0.25, 0.3) is 0 Å². The zero-order valence-electron chi connectivity index (χ0n) is 9.68. The standard InChI is InChI=1S/C11H18N2O2S/c1-9(2)8-15-5-6-16(14)11-3-4-13-7-10(11)12/h3-4,7,9H,5-6,8,12H2,1-2H3. The van der Waals surface area contributed by atoms with Crippen molar-refractivity contribution in [2.24, 2.45) is 5.92 Å². The van der Waals surface area contributed by atoms with E-state index in [2.05, 4.69) is 18.8 Å². The SMILES string of the molecule is CC(C)COCCS(=O)c1ccncc1N. The zero-order valence-corrected chi connectivity index (χ0v) is 10.5. The van der Waals surface area contributed by atoms with Crippen LogP contribution < -0.4 is 5.73 Å². The second-order valence-electron chi connectivity index (χ2n) is 3.93. The predicted molar refractivity (Wildman–Crippen MR) is 65.6 cm³/mol. The van der Waals surface area contributed by atoms with Gasteiger partial charge in [-0.1, -0.05) is 13.8 Å². The molecule has 1 heterocycles. The molecule has 0 spiro atoms. The summed E-state index contributed by atoms with van der Waals surface area (Å²) < 4.78 is 17.2. The van der Waals surface area contributed by atoms with E-state index in [9.17, 15) is 4.21 Å². The molecule has 0 aliphatic carbocycles. The lowest BCUT2D eigenvalue weighted by Gasteiger charge is -2.07. The van der Waals surface area contributed by atoms with E-state index in [4.69, 9.17) is 10.5 Å². The number of nitrogens with two attached hydrogens (primary N) is 1. The number of rotatable bonds is 6. The summed E-state index contributed by atoms with van der Waals surface area (Å²) in [5.41, 5.74) is 6.15. The third-order valence-electron chi connectivity index (χ3n) is 1.92. The Morgan fingerprint density at radius 3 is 2.94 bits per heavy atom. The second-order valence-corrected chi connectivity index (χ2v) is 5.47. The van der Waals surface area contributed by atoms with Gasteiger partial charge in [0.1, 0.15) is 0 Å². The summed E-state index contributed by atoms with van der Waals surface area (Å²) in [4.78, 5) is 4.50. The number of hydrogen-bond acceptors (Lipinski definition) is 4. The molecule has 0 aliphatic heterocycles. The summed E-state index contributed by atoms with van der Waals surface area (Å²) in [5, 5.41) is 0. The molecule has 90 valence electrons. The molecule has 1 unspecified atom stereocenters. The third-order valence-corrected chi connectivity index (χ3v) is 3.32. The van der Waals surface area contributed by atoms with Gasteiger partial charge in [0.2, 0.25) is 0 Å². The number of pyridine rings is 1. The van der Waals surface area contributed by atoms with E-state index in [-0.39, 0.29) is 0 Å². The number of ether oxygens (including phenoxy) is 1. The first-order valence-electron chi connectivity index (χ1n) is 5.27. The third kappa shape index (κ3) is 4.28. The smallest absolute Gasteiger partial charge is 0.0664 e. The van der Waals surface area contributed by atoms with Gasteiger partial charge in [-0.3, -0.25) is 9.19 Å². The van der Waals surface area contributed by atoms with E-state index in [1.165, 1.54) is 6.20 Å². The number of hydrogen-bond donors (Lipinski definition) is 1. The summed E-state index contributed by atoms with van der Waals surface area (Å²) in [6, 6.07) is 1.69. The van der Waals surface area contributed by atoms with Crippen molar-refractivity contribution in [2.75, 3.05) is 24.7 Å². The molecule has 1 atom stereocenters. The Hall–Kier alpha value is -0.940. The molecule has 0 saturated heterocycles. The van der Waals surface area contributed by atoms with Crippen molar-refractivity contribution in [3.8, 4) is 0 Å². The Morgan fingerprint density at radius 1 is 1.56 bits per heavy atom. The molecule has 0 amide bonds. The first-order valence-corrected chi connectivity index (χ1v) is 6.58. The van der Waals surface area contributed by atoms with Gasteiger partial charge < -0.3 is 10.5 Å². The first kappa shape index (κ1) is 13.1. The van der Waals surface area contributed by atoms with Crippen molar-refractivity contribution < 1.29 is 8.95 Å². The van der Waals surface area contributed by atoms with E-state index < -0.39 is 10.8 Å².